The summed E-state index contributed by atoms with van der Waals surface area (Å²) >= 11 is 1.92. The molecule has 4 aromatic heterocycles. The molecule has 0 unspecified atom stereocenters. The summed E-state index contributed by atoms with van der Waals surface area (Å²) in [4.78, 5) is 5.25. The summed E-state index contributed by atoms with van der Waals surface area (Å²) < 4.78 is 7.48. The quantitative estimate of drug-likeness (QED) is 0.122. The molecule has 0 radical (unpaired) electrons. The van der Waals surface area contributed by atoms with E-state index in [1.165, 1.54) is 73.5 Å². The smallest absolute Gasteiger partial charge is 0.181 e. The second-order valence-corrected chi connectivity index (χ2v) is 19.9. The van der Waals surface area contributed by atoms with E-state index in [0.717, 1.165) is 22.5 Å². The molecule has 0 amide bonds. The molecule has 0 atom stereocenters. The predicted molar refractivity (Wildman–Crippen MR) is 249 cm³/mol. The molecule has 0 aliphatic carbocycles. The van der Waals surface area contributed by atoms with Crippen molar-refractivity contribution in [2.45, 2.75) is 0 Å². The Morgan fingerprint density at radius 2 is 0.931 bits per heavy atom. The Morgan fingerprint density at radius 3 is 1.60 bits per heavy atom. The van der Waals surface area contributed by atoms with Crippen molar-refractivity contribution in [3.63, 3.8) is 0 Å². The third-order valence-electron chi connectivity index (χ3n) is 12.1. The van der Waals surface area contributed by atoms with Gasteiger partial charge in [0.2, 0.25) is 0 Å². The van der Waals surface area contributed by atoms with Crippen LogP contribution in [0.25, 0.3) is 75.3 Å². The summed E-state index contributed by atoms with van der Waals surface area (Å²) in [5.41, 5.74) is 5.84. The molecule has 0 saturated carbocycles. The van der Waals surface area contributed by atoms with Crippen LogP contribution in [0.3, 0.4) is 0 Å². The molecule has 272 valence electrons. The van der Waals surface area contributed by atoms with Gasteiger partial charge in [-0.2, -0.15) is 0 Å². The first-order chi connectivity index (χ1) is 28.8. The van der Waals surface area contributed by atoms with Crippen molar-refractivity contribution >= 4 is 104 Å². The van der Waals surface area contributed by atoms with Gasteiger partial charge in [-0.05, 0) is 75.3 Å². The van der Waals surface area contributed by atoms with Crippen molar-refractivity contribution in [2.24, 2.45) is 0 Å². The summed E-state index contributed by atoms with van der Waals surface area (Å²) in [6, 6.07) is 76.0. The van der Waals surface area contributed by atoms with E-state index in [2.05, 4.69) is 215 Å². The first-order valence-electron chi connectivity index (χ1n) is 19.8. The second kappa shape index (κ2) is 13.0. The number of para-hydroxylation sites is 3. The van der Waals surface area contributed by atoms with Gasteiger partial charge in [-0.15, -0.1) is 11.3 Å². The fourth-order valence-corrected chi connectivity index (χ4v) is 16.3. The van der Waals surface area contributed by atoms with Gasteiger partial charge in [-0.3, -0.25) is 4.57 Å². The standard InChI is InChI=1S/C53H35N3SSi/c1-4-17-36(18-5-1)55-44-27-13-10-24-42(44)51-46(55)31-32-47-52(51)43-25-11-14-28-45(43)56(47)50-35-39(33-34-54-50)58(37-19-6-2-7-20-37,38-21-8-3-9-22-38)49-30-16-26-41-40-23-12-15-29-48(40)57-53(41)49/h1-35H. The summed E-state index contributed by atoms with van der Waals surface area (Å²) in [6.45, 7) is 0. The molecule has 0 spiro atoms. The van der Waals surface area contributed by atoms with Crippen molar-refractivity contribution in [1.82, 2.24) is 14.1 Å². The lowest BCUT2D eigenvalue weighted by molar-refractivity contribution is 1.08. The van der Waals surface area contributed by atoms with Crippen LogP contribution in [0.5, 0.6) is 0 Å². The Balaban J connectivity index is 1.19. The zero-order chi connectivity index (χ0) is 38.2. The lowest BCUT2D eigenvalue weighted by Gasteiger charge is -2.35. The number of benzene rings is 8. The number of aromatic nitrogens is 3. The minimum absolute atomic E-state index is 0.919. The minimum Gasteiger partial charge on any atom is -0.309 e. The van der Waals surface area contributed by atoms with Gasteiger partial charge in [-0.1, -0.05) is 152 Å². The van der Waals surface area contributed by atoms with Gasteiger partial charge in [0, 0.05) is 53.6 Å². The normalized spacial score (nSPS) is 12.1. The molecule has 0 aliphatic rings. The highest BCUT2D eigenvalue weighted by atomic mass is 32.1. The monoisotopic (exact) mass is 773 g/mol. The minimum atomic E-state index is -2.97. The zero-order valence-electron chi connectivity index (χ0n) is 31.5. The third-order valence-corrected chi connectivity index (χ3v) is 18.3. The van der Waals surface area contributed by atoms with E-state index in [-0.39, 0.29) is 0 Å². The van der Waals surface area contributed by atoms with Crippen LogP contribution in [0.1, 0.15) is 0 Å². The number of hydrogen-bond acceptors (Lipinski definition) is 2. The van der Waals surface area contributed by atoms with Crippen LogP contribution in [-0.2, 0) is 0 Å². The van der Waals surface area contributed by atoms with Gasteiger partial charge in [-0.25, -0.2) is 4.98 Å². The van der Waals surface area contributed by atoms with Crippen LogP contribution in [0.15, 0.2) is 212 Å². The highest BCUT2D eigenvalue weighted by molar-refractivity contribution is 7.30. The van der Waals surface area contributed by atoms with E-state index in [0.29, 0.717) is 0 Å². The van der Waals surface area contributed by atoms with Gasteiger partial charge < -0.3 is 4.57 Å². The molecule has 8 aromatic carbocycles. The lowest BCUT2D eigenvalue weighted by atomic mass is 10.1. The number of fused-ring (bicyclic) bond motifs is 10. The van der Waals surface area contributed by atoms with Gasteiger partial charge >= 0.3 is 0 Å². The van der Waals surface area contributed by atoms with Crippen LogP contribution >= 0.6 is 11.3 Å². The van der Waals surface area contributed by atoms with Crippen LogP contribution in [0, 0.1) is 0 Å². The van der Waals surface area contributed by atoms with E-state index in [1.54, 1.807) is 0 Å². The fourth-order valence-electron chi connectivity index (χ4n) is 9.78. The van der Waals surface area contributed by atoms with Crippen molar-refractivity contribution in [3.05, 3.63) is 212 Å². The Morgan fingerprint density at radius 1 is 0.397 bits per heavy atom. The molecule has 58 heavy (non-hydrogen) atoms. The van der Waals surface area contributed by atoms with Crippen LogP contribution in [0.4, 0.5) is 0 Å². The predicted octanol–water partition coefficient (Wildman–Crippen LogP) is 11.0. The van der Waals surface area contributed by atoms with Crippen molar-refractivity contribution in [1.29, 1.82) is 0 Å². The van der Waals surface area contributed by atoms with Gasteiger partial charge in [0.05, 0.1) is 22.1 Å². The van der Waals surface area contributed by atoms with Crippen molar-refractivity contribution in [2.75, 3.05) is 0 Å². The molecule has 4 heterocycles. The molecule has 0 fully saturated rings. The number of thiophene rings is 1. The second-order valence-electron chi connectivity index (χ2n) is 15.1. The average molecular weight is 774 g/mol. The number of nitrogens with zero attached hydrogens (tertiary/aromatic N) is 3. The largest absolute Gasteiger partial charge is 0.309 e. The Hall–Kier alpha value is -7.05. The molecule has 12 rings (SSSR count). The van der Waals surface area contributed by atoms with E-state index >= 15 is 0 Å². The highest BCUT2D eigenvalue weighted by Crippen LogP contribution is 2.42. The summed E-state index contributed by atoms with van der Waals surface area (Å²) in [7, 11) is -2.97. The maximum absolute atomic E-state index is 5.25. The molecular formula is C53H35N3SSi. The van der Waals surface area contributed by atoms with Gasteiger partial charge in [0.15, 0.2) is 8.07 Å². The summed E-state index contributed by atoms with van der Waals surface area (Å²) in [6.07, 6.45) is 2.05. The van der Waals surface area contributed by atoms with E-state index < -0.39 is 8.07 Å². The van der Waals surface area contributed by atoms with Crippen molar-refractivity contribution in [3.8, 4) is 11.5 Å². The molecule has 12 aromatic rings. The summed E-state index contributed by atoms with van der Waals surface area (Å²) in [5.74, 6) is 0.919. The Labute approximate surface area is 340 Å². The van der Waals surface area contributed by atoms with Crippen LogP contribution in [0.2, 0.25) is 0 Å². The lowest BCUT2D eigenvalue weighted by Crippen LogP contribution is -2.74. The molecule has 0 saturated heterocycles. The molecule has 0 bridgehead atoms. The van der Waals surface area contributed by atoms with Gasteiger partial charge in [0.1, 0.15) is 5.82 Å². The highest BCUT2D eigenvalue weighted by Gasteiger charge is 2.43. The fraction of sp³-hybridized carbons (Fsp3) is 0. The van der Waals surface area contributed by atoms with Gasteiger partial charge in [0.25, 0.3) is 0 Å². The molecule has 5 heteroatoms. The molecule has 0 N–H and O–H groups in total. The maximum atomic E-state index is 5.25. The van der Waals surface area contributed by atoms with E-state index in [4.69, 9.17) is 4.98 Å². The Bertz CT molecular complexity index is 3470. The first-order valence-corrected chi connectivity index (χ1v) is 22.6. The number of pyridine rings is 1. The average Bonchev–Trinajstić information content (AvgIpc) is 3.96. The maximum Gasteiger partial charge on any atom is 0.181 e. The Kier molecular flexibility index (Phi) is 7.42. The zero-order valence-corrected chi connectivity index (χ0v) is 33.3. The molecular weight excluding hydrogens is 739 g/mol. The third kappa shape index (κ3) is 4.69. The van der Waals surface area contributed by atoms with E-state index in [1.807, 2.05) is 17.5 Å². The summed E-state index contributed by atoms with van der Waals surface area (Å²) in [5, 5.41) is 13.0. The van der Waals surface area contributed by atoms with Crippen LogP contribution < -0.4 is 20.7 Å². The number of hydrogen-bond donors (Lipinski definition) is 0. The van der Waals surface area contributed by atoms with E-state index in [9.17, 15) is 0 Å². The SMILES string of the molecule is c1ccc(-n2c3ccccc3c3c4c5ccccc5n(-c5cc([Si](c6ccccc6)(c6ccccc6)c6cccc7c6sc6ccccc67)ccn5)c4ccc32)cc1. The van der Waals surface area contributed by atoms with Crippen LogP contribution in [-0.4, -0.2) is 22.2 Å². The van der Waals surface area contributed by atoms with Crippen molar-refractivity contribution < 1.29 is 0 Å². The molecule has 3 nitrogen and oxygen atoms in total. The molecule has 0 aliphatic heterocycles. The topological polar surface area (TPSA) is 22.8 Å². The number of rotatable bonds is 6. The first kappa shape index (κ1) is 33.1.